The summed E-state index contributed by atoms with van der Waals surface area (Å²) in [6.07, 6.45) is 0. The van der Waals surface area contributed by atoms with Crippen molar-refractivity contribution in [1.29, 1.82) is 0 Å². The van der Waals surface area contributed by atoms with Gasteiger partial charge in [-0.1, -0.05) is 6.07 Å². The molecule has 124 valence electrons. The molecular weight excluding hydrogens is 348 g/mol. The molecule has 3 aromatic heterocycles. The van der Waals surface area contributed by atoms with Gasteiger partial charge in [-0.15, -0.1) is 22.7 Å². The molecule has 0 amide bonds. The zero-order chi connectivity index (χ0) is 17.1. The van der Waals surface area contributed by atoms with Crippen molar-refractivity contribution < 1.29 is 9.53 Å². The summed E-state index contributed by atoms with van der Waals surface area (Å²) in [7, 11) is 3.57. The predicted octanol–water partition coefficient (Wildman–Crippen LogP) is 2.06. The molecule has 3 heterocycles. The lowest BCUT2D eigenvalue weighted by atomic mass is 10.4. The lowest BCUT2D eigenvalue weighted by Crippen LogP contribution is -2.17. The van der Waals surface area contributed by atoms with Crippen LogP contribution in [0, 0.1) is 0 Å². The molecule has 0 radical (unpaired) electrons. The van der Waals surface area contributed by atoms with Crippen LogP contribution in [0.1, 0.15) is 16.3 Å². The van der Waals surface area contributed by atoms with E-state index in [-0.39, 0.29) is 24.1 Å². The minimum Gasteiger partial charge on any atom is -0.453 e. The summed E-state index contributed by atoms with van der Waals surface area (Å²) in [6, 6.07) is 3.89. The van der Waals surface area contributed by atoms with Gasteiger partial charge in [0.15, 0.2) is 18.1 Å². The lowest BCUT2D eigenvalue weighted by molar-refractivity contribution is 0.0456. The van der Waals surface area contributed by atoms with Crippen molar-refractivity contribution >= 4 is 40.5 Å². The van der Waals surface area contributed by atoms with Crippen LogP contribution in [0.25, 0.3) is 9.88 Å². The fraction of sp³-hybridized carbons (Fsp3) is 0.214. The Labute approximate surface area is 146 Å². The van der Waals surface area contributed by atoms with Gasteiger partial charge in [0.25, 0.3) is 0 Å². The molecule has 0 fully saturated rings. The minimum atomic E-state index is -0.528. The lowest BCUT2D eigenvalue weighted by Gasteiger charge is -2.11. The summed E-state index contributed by atoms with van der Waals surface area (Å²) in [5, 5.41) is 4.42. The normalized spacial score (nSPS) is 10.6. The second-order valence-electron chi connectivity index (χ2n) is 4.90. The quantitative estimate of drug-likeness (QED) is 0.687. The number of rotatable bonds is 5. The van der Waals surface area contributed by atoms with E-state index in [2.05, 4.69) is 19.9 Å². The van der Waals surface area contributed by atoms with E-state index >= 15 is 0 Å². The third-order valence-electron chi connectivity index (χ3n) is 2.86. The number of thiophene rings is 1. The van der Waals surface area contributed by atoms with Crippen molar-refractivity contribution in [3.63, 3.8) is 0 Å². The van der Waals surface area contributed by atoms with Crippen molar-refractivity contribution in [3.05, 3.63) is 34.4 Å². The number of carbonyl (C=O) groups is 1. The number of hydrogen-bond acceptors (Lipinski definition) is 10. The second-order valence-corrected chi connectivity index (χ2v) is 6.70. The maximum Gasteiger partial charge on any atom is 0.358 e. The van der Waals surface area contributed by atoms with Crippen LogP contribution in [0.3, 0.4) is 0 Å². The number of esters is 1. The Morgan fingerprint density at radius 1 is 1.25 bits per heavy atom. The van der Waals surface area contributed by atoms with Crippen LogP contribution in [-0.4, -0.2) is 40.0 Å². The Morgan fingerprint density at radius 2 is 2.08 bits per heavy atom. The molecule has 24 heavy (non-hydrogen) atoms. The topological polar surface area (TPSA) is 107 Å². The van der Waals surface area contributed by atoms with E-state index in [4.69, 9.17) is 10.5 Å². The van der Waals surface area contributed by atoms with Gasteiger partial charge < -0.3 is 15.4 Å². The molecule has 3 rings (SSSR count). The van der Waals surface area contributed by atoms with Gasteiger partial charge in [-0.05, 0) is 11.4 Å². The third kappa shape index (κ3) is 3.66. The molecule has 8 nitrogen and oxygen atoms in total. The average Bonchev–Trinajstić information content (AvgIpc) is 3.22. The first-order chi connectivity index (χ1) is 11.5. The molecular formula is C14H14N6O2S2. The maximum absolute atomic E-state index is 12.1. The Kier molecular flexibility index (Phi) is 4.67. The number of aromatic nitrogens is 4. The van der Waals surface area contributed by atoms with Gasteiger partial charge in [0.1, 0.15) is 5.01 Å². The molecule has 2 N–H and O–H groups in total. The van der Waals surface area contributed by atoms with Crippen molar-refractivity contribution in [3.8, 4) is 9.88 Å². The van der Waals surface area contributed by atoms with Gasteiger partial charge in [-0.3, -0.25) is 0 Å². The molecule has 0 atom stereocenters. The van der Waals surface area contributed by atoms with Crippen LogP contribution >= 0.6 is 22.7 Å². The van der Waals surface area contributed by atoms with E-state index in [1.165, 1.54) is 11.3 Å². The van der Waals surface area contributed by atoms with E-state index in [0.717, 1.165) is 9.88 Å². The van der Waals surface area contributed by atoms with Gasteiger partial charge in [0.2, 0.25) is 11.9 Å². The summed E-state index contributed by atoms with van der Waals surface area (Å²) >= 11 is 2.96. The van der Waals surface area contributed by atoms with Gasteiger partial charge >= 0.3 is 5.97 Å². The fourth-order valence-electron chi connectivity index (χ4n) is 1.77. The smallest absolute Gasteiger partial charge is 0.358 e. The van der Waals surface area contributed by atoms with E-state index in [1.54, 1.807) is 35.7 Å². The summed E-state index contributed by atoms with van der Waals surface area (Å²) in [5.41, 5.74) is 5.90. The molecule has 0 aliphatic heterocycles. The van der Waals surface area contributed by atoms with Crippen LogP contribution in [0.2, 0.25) is 0 Å². The highest BCUT2D eigenvalue weighted by Gasteiger charge is 2.15. The summed E-state index contributed by atoms with van der Waals surface area (Å²) < 4.78 is 5.22. The Hall–Kier alpha value is -2.59. The van der Waals surface area contributed by atoms with Crippen molar-refractivity contribution in [2.45, 2.75) is 6.61 Å². The van der Waals surface area contributed by atoms with Crippen molar-refractivity contribution in [1.82, 2.24) is 19.9 Å². The molecule has 0 unspecified atom stereocenters. The fourth-order valence-corrected chi connectivity index (χ4v) is 3.38. The number of thiazole rings is 1. The number of nitrogens with zero attached hydrogens (tertiary/aromatic N) is 5. The molecule has 0 saturated heterocycles. The zero-order valence-corrected chi connectivity index (χ0v) is 14.6. The first kappa shape index (κ1) is 16.3. The summed E-state index contributed by atoms with van der Waals surface area (Å²) in [4.78, 5) is 31.2. The molecule has 0 aliphatic rings. The van der Waals surface area contributed by atoms with Crippen LogP contribution < -0.4 is 10.6 Å². The number of hydrogen-bond donors (Lipinski definition) is 1. The number of nitrogen functional groups attached to an aromatic ring is 1. The van der Waals surface area contributed by atoms with Crippen molar-refractivity contribution in [2.24, 2.45) is 0 Å². The summed E-state index contributed by atoms with van der Waals surface area (Å²) in [6.45, 7) is -0.0990. The largest absolute Gasteiger partial charge is 0.453 e. The monoisotopic (exact) mass is 362 g/mol. The molecule has 0 bridgehead atoms. The highest BCUT2D eigenvalue weighted by atomic mass is 32.1. The first-order valence-corrected chi connectivity index (χ1v) is 8.63. The van der Waals surface area contributed by atoms with Gasteiger partial charge in [0, 0.05) is 19.5 Å². The number of ether oxygens (including phenoxy) is 1. The number of carbonyl (C=O) groups excluding carboxylic acids is 1. The molecule has 0 aliphatic carbocycles. The zero-order valence-electron chi connectivity index (χ0n) is 13.0. The summed E-state index contributed by atoms with van der Waals surface area (Å²) in [5.74, 6) is 0.239. The highest BCUT2D eigenvalue weighted by Crippen LogP contribution is 2.28. The predicted molar refractivity (Wildman–Crippen MR) is 93.1 cm³/mol. The van der Waals surface area contributed by atoms with Gasteiger partial charge in [-0.2, -0.15) is 15.0 Å². The number of nitrogens with two attached hydrogens (primary N) is 1. The van der Waals surface area contributed by atoms with E-state index < -0.39 is 5.97 Å². The average molecular weight is 362 g/mol. The Bertz CT molecular complexity index is 847. The van der Waals surface area contributed by atoms with Crippen LogP contribution in [0.15, 0.2) is 22.9 Å². The molecule has 3 aromatic rings. The standard InChI is InChI=1S/C14H14N6O2S2/c1-20(2)14-18-10(17-13(15)19-14)6-22-12(21)8-7-24-11(16-8)9-4-3-5-23-9/h3-5,7H,6H2,1-2H3,(H2,15,17,18,19). The first-order valence-electron chi connectivity index (χ1n) is 6.87. The molecule has 0 aromatic carbocycles. The Morgan fingerprint density at radius 3 is 2.79 bits per heavy atom. The van der Waals surface area contributed by atoms with E-state index in [1.807, 2.05) is 17.5 Å². The van der Waals surface area contributed by atoms with Crippen LogP contribution in [0.4, 0.5) is 11.9 Å². The Balaban J connectivity index is 1.68. The van der Waals surface area contributed by atoms with Crippen LogP contribution in [-0.2, 0) is 11.3 Å². The molecule has 10 heteroatoms. The van der Waals surface area contributed by atoms with Crippen LogP contribution in [0.5, 0.6) is 0 Å². The molecule has 0 saturated carbocycles. The second kappa shape index (κ2) is 6.89. The minimum absolute atomic E-state index is 0.0772. The SMILES string of the molecule is CN(C)c1nc(N)nc(COC(=O)c2csc(-c3cccs3)n2)n1. The molecule has 0 spiro atoms. The van der Waals surface area contributed by atoms with E-state index in [9.17, 15) is 4.79 Å². The van der Waals surface area contributed by atoms with Crippen molar-refractivity contribution in [2.75, 3.05) is 24.7 Å². The van der Waals surface area contributed by atoms with E-state index in [0.29, 0.717) is 5.95 Å². The third-order valence-corrected chi connectivity index (χ3v) is 4.75. The highest BCUT2D eigenvalue weighted by molar-refractivity contribution is 7.20. The maximum atomic E-state index is 12.1. The number of anilines is 2. The van der Waals surface area contributed by atoms with Gasteiger partial charge in [0.05, 0.1) is 4.88 Å². The van der Waals surface area contributed by atoms with Gasteiger partial charge in [-0.25, -0.2) is 9.78 Å².